The molecule has 0 unspecified atom stereocenters. The molecule has 0 saturated heterocycles. The zero-order valence-corrected chi connectivity index (χ0v) is 12.7. The standard InChI is InChI=1S/C21H19N/c1-2-8-16-14-17(13-15(16)7-1)22-20-11-5-3-9-18(20)19-10-4-6-12-21(19)22/h1-3,5,7-9,11,13H,4,6,10,12,14H2. The van der Waals surface area contributed by atoms with Crippen LogP contribution >= 0.6 is 0 Å². The monoisotopic (exact) mass is 285 g/mol. The highest BCUT2D eigenvalue weighted by molar-refractivity contribution is 5.92. The average Bonchev–Trinajstić information content (AvgIpc) is 3.13. The number of fused-ring (bicyclic) bond motifs is 4. The van der Waals surface area contributed by atoms with E-state index in [0.717, 1.165) is 6.42 Å². The third-order valence-electron chi connectivity index (χ3n) is 5.21. The molecular formula is C21H19N. The zero-order valence-electron chi connectivity index (χ0n) is 12.7. The summed E-state index contributed by atoms with van der Waals surface area (Å²) in [6.07, 6.45) is 8.56. The number of rotatable bonds is 1. The van der Waals surface area contributed by atoms with Crippen LogP contribution in [0, 0.1) is 0 Å². The van der Waals surface area contributed by atoms with Gasteiger partial charge in [-0.15, -0.1) is 0 Å². The lowest BCUT2D eigenvalue weighted by molar-refractivity contribution is 0.667. The van der Waals surface area contributed by atoms with Gasteiger partial charge in [-0.2, -0.15) is 0 Å². The van der Waals surface area contributed by atoms with Crippen molar-refractivity contribution in [1.29, 1.82) is 0 Å². The molecule has 2 aliphatic carbocycles. The number of allylic oxidation sites excluding steroid dienone is 1. The topological polar surface area (TPSA) is 4.93 Å². The molecule has 1 aromatic heterocycles. The summed E-state index contributed by atoms with van der Waals surface area (Å²) < 4.78 is 2.56. The maximum atomic E-state index is 2.56. The van der Waals surface area contributed by atoms with E-state index in [-0.39, 0.29) is 0 Å². The van der Waals surface area contributed by atoms with Crippen LogP contribution in [0.5, 0.6) is 0 Å². The smallest absolute Gasteiger partial charge is 0.0531 e. The molecule has 22 heavy (non-hydrogen) atoms. The van der Waals surface area contributed by atoms with Crippen LogP contribution in [-0.2, 0) is 19.3 Å². The first-order valence-electron chi connectivity index (χ1n) is 8.32. The van der Waals surface area contributed by atoms with Crippen LogP contribution in [0.3, 0.4) is 0 Å². The number of aryl methyl sites for hydroxylation is 1. The number of benzene rings is 2. The van der Waals surface area contributed by atoms with Gasteiger partial charge in [0.05, 0.1) is 5.52 Å². The first kappa shape index (κ1) is 12.3. The summed E-state index contributed by atoms with van der Waals surface area (Å²) in [6, 6.07) is 17.7. The molecule has 0 fully saturated rings. The van der Waals surface area contributed by atoms with Gasteiger partial charge in [0.1, 0.15) is 0 Å². The number of nitrogens with zero attached hydrogens (tertiary/aromatic N) is 1. The third kappa shape index (κ3) is 1.65. The maximum absolute atomic E-state index is 2.56. The van der Waals surface area contributed by atoms with Crippen molar-refractivity contribution < 1.29 is 0 Å². The zero-order chi connectivity index (χ0) is 14.5. The van der Waals surface area contributed by atoms with Gasteiger partial charge in [-0.05, 0) is 54.5 Å². The Balaban J connectivity index is 1.76. The van der Waals surface area contributed by atoms with Crippen LogP contribution in [0.4, 0.5) is 0 Å². The van der Waals surface area contributed by atoms with Crippen LogP contribution in [0.1, 0.15) is 35.2 Å². The first-order chi connectivity index (χ1) is 10.9. The molecule has 108 valence electrons. The Hall–Kier alpha value is -2.28. The van der Waals surface area contributed by atoms with E-state index in [9.17, 15) is 0 Å². The Labute approximate surface area is 130 Å². The highest BCUT2D eigenvalue weighted by Crippen LogP contribution is 2.37. The van der Waals surface area contributed by atoms with E-state index in [1.807, 2.05) is 0 Å². The highest BCUT2D eigenvalue weighted by atomic mass is 15.0. The van der Waals surface area contributed by atoms with Crippen LogP contribution in [0.25, 0.3) is 22.7 Å². The summed E-state index contributed by atoms with van der Waals surface area (Å²) in [4.78, 5) is 0. The Morgan fingerprint density at radius 2 is 1.64 bits per heavy atom. The van der Waals surface area contributed by atoms with Crippen molar-refractivity contribution in [2.45, 2.75) is 32.1 Å². The lowest BCUT2D eigenvalue weighted by Crippen LogP contribution is -2.08. The Bertz CT molecular complexity index is 911. The summed E-state index contributed by atoms with van der Waals surface area (Å²) in [5.41, 5.74) is 8.85. The van der Waals surface area contributed by atoms with Crippen LogP contribution in [0.2, 0.25) is 0 Å². The fraction of sp³-hybridized carbons (Fsp3) is 0.238. The van der Waals surface area contributed by atoms with Gasteiger partial charge in [0.2, 0.25) is 0 Å². The van der Waals surface area contributed by atoms with Gasteiger partial charge in [-0.3, -0.25) is 0 Å². The number of hydrogen-bond donors (Lipinski definition) is 0. The van der Waals surface area contributed by atoms with Crippen LogP contribution in [-0.4, -0.2) is 4.57 Å². The van der Waals surface area contributed by atoms with Crippen molar-refractivity contribution in [1.82, 2.24) is 4.57 Å². The van der Waals surface area contributed by atoms with E-state index >= 15 is 0 Å². The van der Waals surface area contributed by atoms with Gasteiger partial charge in [0.25, 0.3) is 0 Å². The lowest BCUT2D eigenvalue weighted by atomic mass is 9.95. The largest absolute Gasteiger partial charge is 0.317 e. The van der Waals surface area contributed by atoms with Gasteiger partial charge in [0.15, 0.2) is 0 Å². The minimum Gasteiger partial charge on any atom is -0.317 e. The van der Waals surface area contributed by atoms with Crippen molar-refractivity contribution in [2.75, 3.05) is 0 Å². The Kier molecular flexibility index (Phi) is 2.57. The van der Waals surface area contributed by atoms with Gasteiger partial charge in [-0.1, -0.05) is 42.5 Å². The molecule has 0 bridgehead atoms. The van der Waals surface area contributed by atoms with Crippen molar-refractivity contribution in [3.8, 4) is 0 Å². The summed E-state index contributed by atoms with van der Waals surface area (Å²) in [7, 11) is 0. The summed E-state index contributed by atoms with van der Waals surface area (Å²) >= 11 is 0. The molecule has 2 aromatic carbocycles. The second-order valence-electron chi connectivity index (χ2n) is 6.50. The molecular weight excluding hydrogens is 266 g/mol. The first-order valence-corrected chi connectivity index (χ1v) is 8.32. The second kappa shape index (κ2) is 4.61. The van der Waals surface area contributed by atoms with Gasteiger partial charge >= 0.3 is 0 Å². The quantitative estimate of drug-likeness (QED) is 0.588. The van der Waals surface area contributed by atoms with Crippen LogP contribution in [0.15, 0.2) is 48.5 Å². The predicted molar refractivity (Wildman–Crippen MR) is 92.9 cm³/mol. The summed E-state index contributed by atoms with van der Waals surface area (Å²) in [5, 5.41) is 1.47. The molecule has 0 aliphatic heterocycles. The van der Waals surface area contributed by atoms with E-state index in [0.29, 0.717) is 0 Å². The molecule has 0 amide bonds. The fourth-order valence-corrected chi connectivity index (χ4v) is 4.23. The maximum Gasteiger partial charge on any atom is 0.0531 e. The molecule has 5 rings (SSSR count). The molecule has 1 nitrogen and oxygen atoms in total. The highest BCUT2D eigenvalue weighted by Gasteiger charge is 2.23. The minimum absolute atomic E-state index is 1.06. The summed E-state index contributed by atoms with van der Waals surface area (Å²) in [5.74, 6) is 0. The molecule has 2 aliphatic rings. The average molecular weight is 285 g/mol. The molecule has 1 heterocycles. The second-order valence-corrected chi connectivity index (χ2v) is 6.50. The minimum atomic E-state index is 1.06. The molecule has 3 aromatic rings. The third-order valence-corrected chi connectivity index (χ3v) is 5.21. The SMILES string of the molecule is C1=C(n2c3c(c4ccccc42)CCCC3)Cc2ccccc21. The normalized spacial score (nSPS) is 16.5. The molecule has 1 heteroatoms. The lowest BCUT2D eigenvalue weighted by Gasteiger charge is -2.16. The number of aromatic nitrogens is 1. The molecule has 0 atom stereocenters. The van der Waals surface area contributed by atoms with E-state index in [1.165, 1.54) is 53.4 Å². The van der Waals surface area contributed by atoms with Crippen molar-refractivity contribution >= 4 is 22.7 Å². The molecule has 0 radical (unpaired) electrons. The van der Waals surface area contributed by atoms with E-state index in [4.69, 9.17) is 0 Å². The van der Waals surface area contributed by atoms with Crippen LogP contribution < -0.4 is 0 Å². The van der Waals surface area contributed by atoms with Gasteiger partial charge in [0, 0.05) is 23.2 Å². The van der Waals surface area contributed by atoms with Crippen molar-refractivity contribution in [2.24, 2.45) is 0 Å². The fourth-order valence-electron chi connectivity index (χ4n) is 4.23. The van der Waals surface area contributed by atoms with Gasteiger partial charge < -0.3 is 4.57 Å². The van der Waals surface area contributed by atoms with E-state index in [1.54, 1.807) is 11.3 Å². The Morgan fingerprint density at radius 3 is 2.59 bits per heavy atom. The molecule has 0 saturated carbocycles. The van der Waals surface area contributed by atoms with Gasteiger partial charge in [-0.25, -0.2) is 0 Å². The Morgan fingerprint density at radius 1 is 0.818 bits per heavy atom. The molecule has 0 spiro atoms. The van der Waals surface area contributed by atoms with E-state index in [2.05, 4.69) is 59.2 Å². The van der Waals surface area contributed by atoms with Crippen molar-refractivity contribution in [3.05, 3.63) is 70.9 Å². The molecule has 0 N–H and O–H groups in total. The predicted octanol–water partition coefficient (Wildman–Crippen LogP) is 5.07. The number of hydrogen-bond acceptors (Lipinski definition) is 0. The van der Waals surface area contributed by atoms with E-state index < -0.39 is 0 Å². The number of para-hydroxylation sites is 1. The summed E-state index contributed by atoms with van der Waals surface area (Å²) in [6.45, 7) is 0. The van der Waals surface area contributed by atoms with Crippen molar-refractivity contribution in [3.63, 3.8) is 0 Å².